The smallest absolute Gasteiger partial charge is 0.361 e. The van der Waals surface area contributed by atoms with Crippen LogP contribution in [-0.4, -0.2) is 52.2 Å². The third-order valence-corrected chi connectivity index (χ3v) is 7.97. The molecule has 2 saturated heterocycles. The van der Waals surface area contributed by atoms with Gasteiger partial charge in [0.1, 0.15) is 11.5 Å². The lowest BCUT2D eigenvalue weighted by molar-refractivity contribution is 0.173. The van der Waals surface area contributed by atoms with Crippen molar-refractivity contribution in [1.82, 2.24) is 10.6 Å². The molecular formula is C34H38B2N2O3. The highest BCUT2D eigenvalue weighted by atomic mass is 16.5. The predicted molar refractivity (Wildman–Crippen MR) is 170 cm³/mol. The molecule has 41 heavy (non-hydrogen) atoms. The van der Waals surface area contributed by atoms with Gasteiger partial charge in [0, 0.05) is 13.1 Å². The molecule has 7 heteroatoms. The first-order valence-corrected chi connectivity index (χ1v) is 15.0. The molecule has 2 atom stereocenters. The first-order valence-electron chi connectivity index (χ1n) is 15.0. The molecule has 0 aliphatic carbocycles. The van der Waals surface area contributed by atoms with E-state index in [0.717, 1.165) is 74.3 Å². The Morgan fingerprint density at radius 1 is 0.488 bits per heavy atom. The molecule has 2 aliphatic rings. The monoisotopic (exact) mass is 544 g/mol. The summed E-state index contributed by atoms with van der Waals surface area (Å²) in [5.41, 5.74) is 4.59. The van der Waals surface area contributed by atoms with E-state index >= 15 is 0 Å². The van der Waals surface area contributed by atoms with Gasteiger partial charge in [0.2, 0.25) is 0 Å². The van der Waals surface area contributed by atoms with Crippen LogP contribution in [0, 0.1) is 0 Å². The zero-order valence-corrected chi connectivity index (χ0v) is 23.6. The molecule has 2 aliphatic heterocycles. The van der Waals surface area contributed by atoms with Crippen molar-refractivity contribution in [1.29, 1.82) is 0 Å². The van der Waals surface area contributed by atoms with Crippen LogP contribution in [0.5, 0.6) is 11.5 Å². The number of hydrogen-bond acceptors (Lipinski definition) is 5. The minimum Gasteiger partial charge on any atom is -0.457 e. The molecule has 0 bridgehead atoms. The minimum absolute atomic E-state index is 0.108. The summed E-state index contributed by atoms with van der Waals surface area (Å²) in [7, 11) is 0. The second kappa shape index (κ2) is 14.0. The summed E-state index contributed by atoms with van der Waals surface area (Å²) in [5, 5.41) is 6.93. The van der Waals surface area contributed by atoms with Crippen LogP contribution in [-0.2, 0) is 9.31 Å². The lowest BCUT2D eigenvalue weighted by Crippen LogP contribution is -2.50. The van der Waals surface area contributed by atoms with Crippen LogP contribution in [0.15, 0.2) is 109 Å². The molecule has 4 aromatic carbocycles. The van der Waals surface area contributed by atoms with E-state index < -0.39 is 0 Å². The van der Waals surface area contributed by atoms with E-state index in [0.29, 0.717) is 0 Å². The van der Waals surface area contributed by atoms with Gasteiger partial charge in [-0.05, 0) is 84.9 Å². The van der Waals surface area contributed by atoms with Crippen molar-refractivity contribution in [2.45, 2.75) is 37.9 Å². The maximum atomic E-state index is 6.63. The van der Waals surface area contributed by atoms with Gasteiger partial charge in [-0.2, -0.15) is 0 Å². The topological polar surface area (TPSA) is 51.8 Å². The second-order valence-corrected chi connectivity index (χ2v) is 11.0. The van der Waals surface area contributed by atoms with Crippen molar-refractivity contribution in [3.63, 3.8) is 0 Å². The molecule has 0 spiro atoms. The summed E-state index contributed by atoms with van der Waals surface area (Å²) in [5.74, 6) is 1.61. The molecule has 0 saturated carbocycles. The van der Waals surface area contributed by atoms with E-state index in [9.17, 15) is 0 Å². The van der Waals surface area contributed by atoms with E-state index in [4.69, 9.17) is 14.0 Å². The standard InChI is InChI=1S/C34H38B2N2O3/c1-3-9-27(10-4-1)35(40-33-13-7-23-37-25-33)29-15-19-31(20-16-29)39-32-21-17-30(18-22-32)36(28-11-5-2-6-12-28)41-34-14-8-24-38-26-34/h1-6,9-12,15-22,33-34,37-38H,7-8,13-14,23-26H2. The van der Waals surface area contributed by atoms with Crippen LogP contribution in [0.4, 0.5) is 0 Å². The molecule has 2 unspecified atom stereocenters. The Balaban J connectivity index is 1.15. The quantitative estimate of drug-likeness (QED) is 0.301. The Bertz CT molecular complexity index is 1220. The molecule has 2 N–H and O–H groups in total. The Morgan fingerprint density at radius 3 is 1.24 bits per heavy atom. The summed E-state index contributed by atoms with van der Waals surface area (Å²) >= 11 is 0. The van der Waals surface area contributed by atoms with Crippen LogP contribution in [0.2, 0.25) is 0 Å². The Kier molecular flexibility index (Phi) is 9.50. The number of nitrogens with one attached hydrogen (secondary N) is 2. The van der Waals surface area contributed by atoms with E-state index in [1.807, 2.05) is 36.4 Å². The molecule has 0 radical (unpaired) electrons. The van der Waals surface area contributed by atoms with Gasteiger partial charge in [-0.25, -0.2) is 0 Å². The molecule has 0 aromatic heterocycles. The summed E-state index contributed by atoms with van der Waals surface area (Å²) in [6, 6.07) is 37.6. The number of ether oxygens (including phenoxy) is 1. The normalized spacial score (nSPS) is 18.9. The van der Waals surface area contributed by atoms with E-state index in [2.05, 4.69) is 83.4 Å². The average Bonchev–Trinajstić information content (AvgIpc) is 3.05. The van der Waals surface area contributed by atoms with E-state index in [1.54, 1.807) is 0 Å². The Labute approximate surface area is 244 Å². The van der Waals surface area contributed by atoms with Crippen LogP contribution in [0.1, 0.15) is 25.7 Å². The second-order valence-electron chi connectivity index (χ2n) is 11.0. The molecule has 208 valence electrons. The zero-order valence-electron chi connectivity index (χ0n) is 23.6. The molecule has 4 aromatic rings. The van der Waals surface area contributed by atoms with Gasteiger partial charge in [0.05, 0.1) is 12.2 Å². The summed E-state index contributed by atoms with van der Waals surface area (Å²) in [6.45, 7) is 3.72. The number of piperidine rings is 2. The molecule has 2 heterocycles. The summed E-state index contributed by atoms with van der Waals surface area (Å²) in [6.07, 6.45) is 4.88. The zero-order chi connectivity index (χ0) is 27.7. The van der Waals surface area contributed by atoms with Crippen molar-refractivity contribution >= 4 is 35.7 Å². The Hall–Kier alpha value is -3.35. The fourth-order valence-corrected chi connectivity index (χ4v) is 5.77. The summed E-state index contributed by atoms with van der Waals surface area (Å²) in [4.78, 5) is 0. The van der Waals surface area contributed by atoms with Crippen molar-refractivity contribution in [2.75, 3.05) is 26.2 Å². The number of rotatable bonds is 10. The first-order chi connectivity index (χ1) is 20.3. The first kappa shape index (κ1) is 27.8. The van der Waals surface area contributed by atoms with Gasteiger partial charge in [-0.1, -0.05) is 84.9 Å². The summed E-state index contributed by atoms with van der Waals surface area (Å²) < 4.78 is 19.5. The predicted octanol–water partition coefficient (Wildman–Crippen LogP) is 3.23. The SMILES string of the molecule is c1ccc(B(OC2CCCNC2)c2ccc(Oc3ccc(B(OC4CCCNC4)c4ccccc4)cc3)cc2)cc1. The third-order valence-electron chi connectivity index (χ3n) is 7.97. The van der Waals surface area contributed by atoms with Crippen LogP contribution in [0.3, 0.4) is 0 Å². The highest BCUT2D eigenvalue weighted by Crippen LogP contribution is 2.20. The van der Waals surface area contributed by atoms with Gasteiger partial charge in [-0.3, -0.25) is 0 Å². The van der Waals surface area contributed by atoms with Crippen molar-refractivity contribution < 1.29 is 14.0 Å². The molecule has 5 nitrogen and oxygen atoms in total. The van der Waals surface area contributed by atoms with E-state index in [-0.39, 0.29) is 26.0 Å². The maximum Gasteiger partial charge on any atom is 0.361 e. The van der Waals surface area contributed by atoms with Crippen molar-refractivity contribution in [3.05, 3.63) is 109 Å². The van der Waals surface area contributed by atoms with Crippen LogP contribution in [0.25, 0.3) is 0 Å². The van der Waals surface area contributed by atoms with Gasteiger partial charge in [0.25, 0.3) is 0 Å². The van der Waals surface area contributed by atoms with E-state index in [1.165, 1.54) is 10.9 Å². The van der Waals surface area contributed by atoms with Crippen molar-refractivity contribution in [2.24, 2.45) is 0 Å². The van der Waals surface area contributed by atoms with Gasteiger partial charge < -0.3 is 24.7 Å². The van der Waals surface area contributed by atoms with Crippen LogP contribution < -0.4 is 37.2 Å². The van der Waals surface area contributed by atoms with Crippen molar-refractivity contribution in [3.8, 4) is 11.5 Å². The minimum atomic E-state index is -0.108. The Morgan fingerprint density at radius 2 is 0.878 bits per heavy atom. The van der Waals surface area contributed by atoms with Gasteiger partial charge >= 0.3 is 13.8 Å². The molecular weight excluding hydrogens is 506 g/mol. The van der Waals surface area contributed by atoms with Crippen LogP contribution >= 0.6 is 0 Å². The fraction of sp³-hybridized carbons (Fsp3) is 0.294. The largest absolute Gasteiger partial charge is 0.457 e. The highest BCUT2D eigenvalue weighted by molar-refractivity contribution is 6.80. The lowest BCUT2D eigenvalue weighted by atomic mass is 9.55. The molecule has 2 fully saturated rings. The maximum absolute atomic E-state index is 6.63. The third kappa shape index (κ3) is 7.49. The van der Waals surface area contributed by atoms with Gasteiger partial charge in [-0.15, -0.1) is 0 Å². The number of benzene rings is 4. The average molecular weight is 544 g/mol. The van der Waals surface area contributed by atoms with Gasteiger partial charge in [0.15, 0.2) is 0 Å². The molecule has 6 rings (SSSR count). The molecule has 0 amide bonds. The fourth-order valence-electron chi connectivity index (χ4n) is 5.77. The number of hydrogen-bond donors (Lipinski definition) is 2. The highest BCUT2D eigenvalue weighted by Gasteiger charge is 2.28. The lowest BCUT2D eigenvalue weighted by Gasteiger charge is -2.27.